The number of nitrogens with zero attached hydrogens (tertiary/aromatic N) is 2. The molecule has 0 bridgehead atoms. The van der Waals surface area contributed by atoms with Gasteiger partial charge in [-0.2, -0.15) is 0 Å². The van der Waals surface area contributed by atoms with Gasteiger partial charge < -0.3 is 20.1 Å². The van der Waals surface area contributed by atoms with E-state index in [1.54, 1.807) is 12.1 Å². The highest BCUT2D eigenvalue weighted by Crippen LogP contribution is 2.16. The molecule has 21 heavy (non-hydrogen) atoms. The third kappa shape index (κ3) is 4.64. The highest BCUT2D eigenvalue weighted by molar-refractivity contribution is 5.91. The molecule has 0 aromatic carbocycles. The first-order valence-corrected chi connectivity index (χ1v) is 7.13. The summed E-state index contributed by atoms with van der Waals surface area (Å²) in [5, 5.41) is 13.7. The van der Waals surface area contributed by atoms with Crippen LogP contribution in [-0.4, -0.2) is 54.1 Å². The van der Waals surface area contributed by atoms with Crippen LogP contribution in [0.15, 0.2) is 12.1 Å². The van der Waals surface area contributed by atoms with E-state index in [9.17, 15) is 4.79 Å². The maximum Gasteiger partial charge on any atom is 0.271 e. The molecule has 0 aliphatic carbocycles. The number of ether oxygens (including phenoxy) is 2. The van der Waals surface area contributed by atoms with Crippen LogP contribution in [-0.2, 0) is 4.74 Å². The molecule has 7 nitrogen and oxygen atoms in total. The number of morpholine rings is 1. The summed E-state index contributed by atoms with van der Waals surface area (Å²) in [6.45, 7) is 8.44. The Bertz CT molecular complexity index is 476. The average molecular weight is 294 g/mol. The standard InChI is InChI=1S/C14H22N4O3/c1-4-16-13(19)11-5-6-12(18-17-11)20-8-10-7-15-9-14(2,3)21-10/h5-6,10,15H,4,7-9H2,1-3H3,(H,16,19). The molecule has 2 N–H and O–H groups in total. The molecule has 2 heterocycles. The number of aromatic nitrogens is 2. The summed E-state index contributed by atoms with van der Waals surface area (Å²) in [6.07, 6.45) is -0.0291. The van der Waals surface area contributed by atoms with Gasteiger partial charge in [0.05, 0.1) is 5.60 Å². The Kier molecular flexibility index (Phi) is 5.08. The third-order valence-corrected chi connectivity index (χ3v) is 3.04. The van der Waals surface area contributed by atoms with Gasteiger partial charge in [0.1, 0.15) is 12.7 Å². The van der Waals surface area contributed by atoms with Gasteiger partial charge in [-0.05, 0) is 26.8 Å². The Morgan fingerprint density at radius 3 is 2.95 bits per heavy atom. The molecule has 1 aliphatic rings. The minimum Gasteiger partial charge on any atom is -0.474 e. The van der Waals surface area contributed by atoms with E-state index in [1.807, 2.05) is 20.8 Å². The van der Waals surface area contributed by atoms with E-state index < -0.39 is 0 Å². The molecule has 2 rings (SSSR count). The van der Waals surface area contributed by atoms with Crippen molar-refractivity contribution < 1.29 is 14.3 Å². The first kappa shape index (κ1) is 15.7. The second-order valence-electron chi connectivity index (χ2n) is 5.56. The van der Waals surface area contributed by atoms with Gasteiger partial charge in [-0.3, -0.25) is 4.79 Å². The largest absolute Gasteiger partial charge is 0.474 e. The molecule has 1 saturated heterocycles. The fraction of sp³-hybridized carbons (Fsp3) is 0.643. The van der Waals surface area contributed by atoms with E-state index >= 15 is 0 Å². The number of hydrogen-bond donors (Lipinski definition) is 2. The third-order valence-electron chi connectivity index (χ3n) is 3.04. The van der Waals surface area contributed by atoms with Gasteiger partial charge in [0.15, 0.2) is 5.69 Å². The Balaban J connectivity index is 1.85. The maximum absolute atomic E-state index is 11.5. The lowest BCUT2D eigenvalue weighted by molar-refractivity contribution is -0.107. The van der Waals surface area contributed by atoms with E-state index in [-0.39, 0.29) is 23.3 Å². The van der Waals surface area contributed by atoms with Crippen LogP contribution in [0, 0.1) is 0 Å². The second-order valence-corrected chi connectivity index (χ2v) is 5.56. The van der Waals surface area contributed by atoms with E-state index in [1.165, 1.54) is 0 Å². The fourth-order valence-electron chi connectivity index (χ4n) is 2.11. The molecule has 7 heteroatoms. The monoisotopic (exact) mass is 294 g/mol. The molecule has 116 valence electrons. The molecule has 1 amide bonds. The minimum absolute atomic E-state index is 0.0291. The molecule has 1 aromatic rings. The summed E-state index contributed by atoms with van der Waals surface area (Å²) in [7, 11) is 0. The topological polar surface area (TPSA) is 85.4 Å². The zero-order valence-electron chi connectivity index (χ0n) is 12.7. The van der Waals surface area contributed by atoms with E-state index in [0.717, 1.165) is 13.1 Å². The first-order valence-electron chi connectivity index (χ1n) is 7.13. The van der Waals surface area contributed by atoms with Crippen LogP contribution >= 0.6 is 0 Å². The Hall–Kier alpha value is -1.73. The van der Waals surface area contributed by atoms with Crippen molar-refractivity contribution in [1.82, 2.24) is 20.8 Å². The van der Waals surface area contributed by atoms with Crippen molar-refractivity contribution in [2.24, 2.45) is 0 Å². The predicted octanol–water partition coefficient (Wildman–Crippen LogP) is 0.372. The molecular weight excluding hydrogens is 272 g/mol. The number of hydrogen-bond acceptors (Lipinski definition) is 6. The average Bonchev–Trinajstić information content (AvgIpc) is 2.45. The molecule has 0 spiro atoms. The van der Waals surface area contributed by atoms with Crippen LogP contribution in [0.1, 0.15) is 31.3 Å². The van der Waals surface area contributed by atoms with Crippen LogP contribution < -0.4 is 15.4 Å². The number of amides is 1. The number of carbonyl (C=O) groups excluding carboxylic acids is 1. The van der Waals surface area contributed by atoms with Crippen molar-refractivity contribution in [1.29, 1.82) is 0 Å². The summed E-state index contributed by atoms with van der Waals surface area (Å²) < 4.78 is 11.5. The fourth-order valence-corrected chi connectivity index (χ4v) is 2.11. The number of carbonyl (C=O) groups is 1. The lowest BCUT2D eigenvalue weighted by atomic mass is 10.1. The smallest absolute Gasteiger partial charge is 0.271 e. The molecule has 1 unspecified atom stereocenters. The predicted molar refractivity (Wildman–Crippen MR) is 77.4 cm³/mol. The SMILES string of the molecule is CCNC(=O)c1ccc(OCC2CNCC(C)(C)O2)nn1. The zero-order chi connectivity index (χ0) is 15.3. The van der Waals surface area contributed by atoms with Gasteiger partial charge >= 0.3 is 0 Å². The highest BCUT2D eigenvalue weighted by atomic mass is 16.6. The van der Waals surface area contributed by atoms with Crippen molar-refractivity contribution in [2.45, 2.75) is 32.5 Å². The van der Waals surface area contributed by atoms with E-state index in [0.29, 0.717) is 19.0 Å². The normalized spacial score (nSPS) is 20.8. The lowest BCUT2D eigenvalue weighted by Gasteiger charge is -2.36. The van der Waals surface area contributed by atoms with Crippen molar-refractivity contribution in [3.05, 3.63) is 17.8 Å². The van der Waals surface area contributed by atoms with Gasteiger partial charge in [0.25, 0.3) is 5.91 Å². The Labute approximate surface area is 124 Å². The van der Waals surface area contributed by atoms with E-state index in [2.05, 4.69) is 20.8 Å². The summed E-state index contributed by atoms with van der Waals surface area (Å²) >= 11 is 0. The van der Waals surface area contributed by atoms with Crippen LogP contribution in [0.4, 0.5) is 0 Å². The Morgan fingerprint density at radius 1 is 1.52 bits per heavy atom. The van der Waals surface area contributed by atoms with Crippen LogP contribution in [0.5, 0.6) is 5.88 Å². The number of nitrogens with one attached hydrogen (secondary N) is 2. The first-order chi connectivity index (χ1) is 10.00. The maximum atomic E-state index is 11.5. The second kappa shape index (κ2) is 6.82. The van der Waals surface area contributed by atoms with Gasteiger partial charge in [-0.25, -0.2) is 0 Å². The molecule has 1 aromatic heterocycles. The van der Waals surface area contributed by atoms with Crippen molar-refractivity contribution in [2.75, 3.05) is 26.2 Å². The van der Waals surface area contributed by atoms with Crippen LogP contribution in [0.3, 0.4) is 0 Å². The zero-order valence-corrected chi connectivity index (χ0v) is 12.7. The number of rotatable bonds is 5. The van der Waals surface area contributed by atoms with E-state index in [4.69, 9.17) is 9.47 Å². The molecule has 1 fully saturated rings. The highest BCUT2D eigenvalue weighted by Gasteiger charge is 2.28. The van der Waals surface area contributed by atoms with Crippen molar-refractivity contribution in [3.63, 3.8) is 0 Å². The van der Waals surface area contributed by atoms with Crippen molar-refractivity contribution >= 4 is 5.91 Å². The Morgan fingerprint density at radius 2 is 2.33 bits per heavy atom. The summed E-state index contributed by atoms with van der Waals surface area (Å²) in [5.74, 6) is 0.146. The van der Waals surface area contributed by atoms with Crippen LogP contribution in [0.25, 0.3) is 0 Å². The summed E-state index contributed by atoms with van der Waals surface area (Å²) in [6, 6.07) is 3.23. The summed E-state index contributed by atoms with van der Waals surface area (Å²) in [4.78, 5) is 11.5. The molecular formula is C14H22N4O3. The van der Waals surface area contributed by atoms with Gasteiger partial charge in [-0.1, -0.05) is 0 Å². The minimum atomic E-state index is -0.238. The molecule has 1 atom stereocenters. The van der Waals surface area contributed by atoms with Crippen molar-refractivity contribution in [3.8, 4) is 5.88 Å². The molecule has 1 aliphatic heterocycles. The van der Waals surface area contributed by atoms with Gasteiger partial charge in [-0.15, -0.1) is 10.2 Å². The quantitative estimate of drug-likeness (QED) is 0.816. The summed E-state index contributed by atoms with van der Waals surface area (Å²) in [5.41, 5.74) is 0.0842. The van der Waals surface area contributed by atoms with Gasteiger partial charge in [0, 0.05) is 25.7 Å². The lowest BCUT2D eigenvalue weighted by Crippen LogP contribution is -2.52. The van der Waals surface area contributed by atoms with Crippen LogP contribution in [0.2, 0.25) is 0 Å². The molecule has 0 saturated carbocycles. The van der Waals surface area contributed by atoms with Gasteiger partial charge in [0.2, 0.25) is 5.88 Å². The molecule has 0 radical (unpaired) electrons.